The van der Waals surface area contributed by atoms with Crippen molar-refractivity contribution in [2.24, 2.45) is 5.73 Å². The lowest BCUT2D eigenvalue weighted by Crippen LogP contribution is -2.13. The Morgan fingerprint density at radius 3 is 2.35 bits per heavy atom. The Labute approximate surface area is 107 Å². The number of hydrogen-bond donors (Lipinski definition) is 1. The molecule has 2 nitrogen and oxygen atoms in total. The van der Waals surface area contributed by atoms with Gasteiger partial charge in [0.1, 0.15) is 0 Å². The van der Waals surface area contributed by atoms with E-state index in [-0.39, 0.29) is 6.04 Å². The van der Waals surface area contributed by atoms with Crippen LogP contribution in [0.4, 0.5) is 0 Å². The minimum Gasteiger partial charge on any atom is -0.323 e. The zero-order valence-corrected chi connectivity index (χ0v) is 11.3. The molecule has 0 spiro atoms. The van der Waals surface area contributed by atoms with Gasteiger partial charge in [0.15, 0.2) is 0 Å². The van der Waals surface area contributed by atoms with Crippen molar-refractivity contribution >= 4 is 11.3 Å². The van der Waals surface area contributed by atoms with Crippen LogP contribution in [0.25, 0.3) is 0 Å². The van der Waals surface area contributed by atoms with Crippen LogP contribution < -0.4 is 5.73 Å². The van der Waals surface area contributed by atoms with E-state index in [2.05, 4.69) is 36.2 Å². The molecule has 0 amide bonds. The van der Waals surface area contributed by atoms with Crippen molar-refractivity contribution in [2.45, 2.75) is 33.2 Å². The summed E-state index contributed by atoms with van der Waals surface area (Å²) < 4.78 is 0. The fourth-order valence-corrected chi connectivity index (χ4v) is 2.89. The van der Waals surface area contributed by atoms with E-state index in [1.54, 1.807) is 11.3 Å². The molecule has 1 atom stereocenters. The molecule has 1 aromatic heterocycles. The number of benzene rings is 1. The van der Waals surface area contributed by atoms with Crippen molar-refractivity contribution in [3.8, 4) is 0 Å². The quantitative estimate of drug-likeness (QED) is 0.902. The van der Waals surface area contributed by atoms with Gasteiger partial charge in [-0.05, 0) is 32.8 Å². The van der Waals surface area contributed by atoms with Gasteiger partial charge in [-0.2, -0.15) is 0 Å². The van der Waals surface area contributed by atoms with Crippen molar-refractivity contribution in [3.63, 3.8) is 0 Å². The van der Waals surface area contributed by atoms with E-state index >= 15 is 0 Å². The van der Waals surface area contributed by atoms with Gasteiger partial charge in [-0.15, -0.1) is 11.3 Å². The minimum atomic E-state index is 0.0592. The SMILES string of the molecule is Cc1ccc(CC(N)c2sc(C)nc2C)cc1. The second kappa shape index (κ2) is 4.98. The highest BCUT2D eigenvalue weighted by Gasteiger charge is 2.13. The zero-order valence-electron chi connectivity index (χ0n) is 10.5. The molecule has 1 aromatic carbocycles. The summed E-state index contributed by atoms with van der Waals surface area (Å²) in [6.07, 6.45) is 0.878. The molecule has 0 aliphatic carbocycles. The molecule has 0 aliphatic heterocycles. The first-order valence-corrected chi connectivity index (χ1v) is 6.63. The van der Waals surface area contributed by atoms with Gasteiger partial charge < -0.3 is 5.73 Å². The molecule has 0 bridgehead atoms. The Bertz CT molecular complexity index is 499. The molecule has 2 N–H and O–H groups in total. The zero-order chi connectivity index (χ0) is 12.4. The van der Waals surface area contributed by atoms with Gasteiger partial charge >= 0.3 is 0 Å². The van der Waals surface area contributed by atoms with Gasteiger partial charge in [0, 0.05) is 10.9 Å². The van der Waals surface area contributed by atoms with E-state index in [1.165, 1.54) is 16.0 Å². The predicted octanol–water partition coefficient (Wildman–Crippen LogP) is 3.31. The van der Waals surface area contributed by atoms with Gasteiger partial charge in [0.25, 0.3) is 0 Å². The maximum Gasteiger partial charge on any atom is 0.0900 e. The highest BCUT2D eigenvalue weighted by atomic mass is 32.1. The van der Waals surface area contributed by atoms with Crippen LogP contribution in [0.3, 0.4) is 0 Å². The highest BCUT2D eigenvalue weighted by Crippen LogP contribution is 2.25. The van der Waals surface area contributed by atoms with Crippen LogP contribution in [-0.2, 0) is 6.42 Å². The van der Waals surface area contributed by atoms with Crippen molar-refractivity contribution in [3.05, 3.63) is 51.0 Å². The molecule has 0 fully saturated rings. The third-order valence-corrected chi connectivity index (χ3v) is 4.06. The van der Waals surface area contributed by atoms with Crippen LogP contribution >= 0.6 is 11.3 Å². The summed E-state index contributed by atoms with van der Waals surface area (Å²) >= 11 is 1.71. The lowest BCUT2D eigenvalue weighted by Gasteiger charge is -2.10. The smallest absolute Gasteiger partial charge is 0.0900 e. The largest absolute Gasteiger partial charge is 0.323 e. The minimum absolute atomic E-state index is 0.0592. The monoisotopic (exact) mass is 246 g/mol. The first-order valence-electron chi connectivity index (χ1n) is 5.81. The normalized spacial score (nSPS) is 12.7. The Morgan fingerprint density at radius 2 is 1.82 bits per heavy atom. The van der Waals surface area contributed by atoms with Crippen molar-refractivity contribution in [1.82, 2.24) is 4.98 Å². The Kier molecular flexibility index (Phi) is 3.60. The summed E-state index contributed by atoms with van der Waals surface area (Å²) in [6, 6.07) is 8.63. The fraction of sp³-hybridized carbons (Fsp3) is 0.357. The van der Waals surface area contributed by atoms with Crippen LogP contribution in [0.2, 0.25) is 0 Å². The van der Waals surface area contributed by atoms with Crippen LogP contribution in [0.1, 0.15) is 32.7 Å². The van der Waals surface area contributed by atoms with Crippen LogP contribution in [-0.4, -0.2) is 4.98 Å². The molecule has 90 valence electrons. The molecular formula is C14H18N2S. The van der Waals surface area contributed by atoms with E-state index in [0.717, 1.165) is 17.1 Å². The molecule has 17 heavy (non-hydrogen) atoms. The van der Waals surface area contributed by atoms with Gasteiger partial charge in [0.2, 0.25) is 0 Å². The number of aromatic nitrogens is 1. The van der Waals surface area contributed by atoms with Gasteiger partial charge in [0.05, 0.1) is 10.7 Å². The molecule has 2 aromatic rings. The lowest BCUT2D eigenvalue weighted by molar-refractivity contribution is 0.728. The molecule has 0 saturated heterocycles. The number of nitrogens with zero attached hydrogens (tertiary/aromatic N) is 1. The summed E-state index contributed by atoms with van der Waals surface area (Å²) in [6.45, 7) is 6.16. The molecule has 1 unspecified atom stereocenters. The van der Waals surface area contributed by atoms with Crippen LogP contribution in [0.15, 0.2) is 24.3 Å². The van der Waals surface area contributed by atoms with E-state index in [1.807, 2.05) is 13.8 Å². The Morgan fingerprint density at radius 1 is 1.18 bits per heavy atom. The maximum atomic E-state index is 6.25. The second-order valence-corrected chi connectivity index (χ2v) is 5.71. The van der Waals surface area contributed by atoms with Gasteiger partial charge in [-0.1, -0.05) is 29.8 Å². The first-order chi connectivity index (χ1) is 8.06. The van der Waals surface area contributed by atoms with Crippen LogP contribution in [0.5, 0.6) is 0 Å². The summed E-state index contributed by atoms with van der Waals surface area (Å²) in [4.78, 5) is 5.64. The third-order valence-electron chi connectivity index (χ3n) is 2.85. The maximum absolute atomic E-state index is 6.25. The average Bonchev–Trinajstić information content (AvgIpc) is 2.61. The van der Waals surface area contributed by atoms with Crippen molar-refractivity contribution in [1.29, 1.82) is 0 Å². The molecule has 0 aliphatic rings. The Hall–Kier alpha value is -1.19. The van der Waals surface area contributed by atoms with Gasteiger partial charge in [-0.25, -0.2) is 4.98 Å². The molecule has 2 rings (SSSR count). The predicted molar refractivity (Wildman–Crippen MR) is 73.4 cm³/mol. The van der Waals surface area contributed by atoms with Crippen LogP contribution in [0, 0.1) is 20.8 Å². The average molecular weight is 246 g/mol. The fourth-order valence-electron chi connectivity index (χ4n) is 1.96. The highest BCUT2D eigenvalue weighted by molar-refractivity contribution is 7.11. The van der Waals surface area contributed by atoms with E-state index in [9.17, 15) is 0 Å². The number of thiazole rings is 1. The second-order valence-electron chi connectivity index (χ2n) is 4.48. The van der Waals surface area contributed by atoms with E-state index in [0.29, 0.717) is 0 Å². The lowest BCUT2D eigenvalue weighted by atomic mass is 10.0. The molecule has 3 heteroatoms. The van der Waals surface area contributed by atoms with E-state index < -0.39 is 0 Å². The van der Waals surface area contributed by atoms with Gasteiger partial charge in [-0.3, -0.25) is 0 Å². The summed E-state index contributed by atoms with van der Waals surface area (Å²) in [5, 5.41) is 1.09. The first kappa shape index (κ1) is 12.3. The number of hydrogen-bond acceptors (Lipinski definition) is 3. The topological polar surface area (TPSA) is 38.9 Å². The molecule has 0 radical (unpaired) electrons. The molecular weight excluding hydrogens is 228 g/mol. The van der Waals surface area contributed by atoms with E-state index in [4.69, 9.17) is 5.73 Å². The summed E-state index contributed by atoms with van der Waals surface area (Å²) in [5.41, 5.74) is 9.90. The number of rotatable bonds is 3. The Balaban J connectivity index is 2.14. The number of aryl methyl sites for hydroxylation is 3. The molecule has 1 heterocycles. The number of nitrogens with two attached hydrogens (primary N) is 1. The summed E-state index contributed by atoms with van der Waals surface area (Å²) in [5.74, 6) is 0. The van der Waals surface area contributed by atoms with Crippen molar-refractivity contribution in [2.75, 3.05) is 0 Å². The summed E-state index contributed by atoms with van der Waals surface area (Å²) in [7, 11) is 0. The molecule has 0 saturated carbocycles. The third kappa shape index (κ3) is 2.93. The standard InChI is InChI=1S/C14H18N2S/c1-9-4-6-12(7-5-9)8-13(15)14-10(2)16-11(3)17-14/h4-7,13H,8,15H2,1-3H3. The van der Waals surface area contributed by atoms with Crippen molar-refractivity contribution < 1.29 is 0 Å².